The summed E-state index contributed by atoms with van der Waals surface area (Å²) in [5.74, 6) is 0. The third-order valence-corrected chi connectivity index (χ3v) is 3.00. The molecule has 0 spiro atoms. The smallest absolute Gasteiger partial charge is 0.0486 e. The number of benzene rings is 1. The largest absolute Gasteiger partial charge is 0.347 e. The van der Waals surface area contributed by atoms with E-state index in [1.807, 2.05) is 0 Å². The van der Waals surface area contributed by atoms with Gasteiger partial charge in [0, 0.05) is 35.8 Å². The highest BCUT2D eigenvalue weighted by Crippen LogP contribution is 2.29. The minimum atomic E-state index is 0.509. The van der Waals surface area contributed by atoms with Crippen LogP contribution in [0, 0.1) is 6.92 Å². The molecule has 2 heteroatoms. The number of nitrogens with two attached hydrogens (primary N) is 1. The minimum absolute atomic E-state index is 0.509. The van der Waals surface area contributed by atoms with Gasteiger partial charge < -0.3 is 10.3 Å². The van der Waals surface area contributed by atoms with Crippen LogP contribution in [-0.4, -0.2) is 11.1 Å². The zero-order valence-electron chi connectivity index (χ0n) is 9.25. The molecule has 0 aliphatic heterocycles. The average molecular weight is 200 g/mol. The normalized spacial score (nSPS) is 10.9. The first-order valence-electron chi connectivity index (χ1n) is 5.09. The Labute approximate surface area is 90.0 Å². The van der Waals surface area contributed by atoms with E-state index in [4.69, 9.17) is 5.73 Å². The predicted octanol–water partition coefficient (Wildman–Crippen LogP) is 2.46. The maximum atomic E-state index is 5.66. The van der Waals surface area contributed by atoms with E-state index in [1.54, 1.807) is 0 Å². The van der Waals surface area contributed by atoms with Crippen LogP contribution in [0.25, 0.3) is 16.5 Å². The molecule has 1 heterocycles. The molecule has 0 aliphatic rings. The number of aryl methyl sites for hydroxylation is 1. The molecular weight excluding hydrogens is 184 g/mol. The molecule has 1 aromatic heterocycles. The number of hydrogen-bond acceptors (Lipinski definition) is 1. The molecule has 0 unspecified atom stereocenters. The molecule has 0 aliphatic carbocycles. The van der Waals surface area contributed by atoms with Crippen molar-refractivity contribution in [3.63, 3.8) is 0 Å². The number of hydrogen-bond donors (Lipinski definition) is 1. The molecular formula is C13H16N2. The minimum Gasteiger partial charge on any atom is -0.347 e. The first-order valence-corrected chi connectivity index (χ1v) is 5.09. The van der Waals surface area contributed by atoms with Gasteiger partial charge in [-0.2, -0.15) is 0 Å². The van der Waals surface area contributed by atoms with Crippen LogP contribution in [0.4, 0.5) is 0 Å². The fourth-order valence-electron chi connectivity index (χ4n) is 2.07. The van der Waals surface area contributed by atoms with E-state index in [9.17, 15) is 0 Å². The second-order valence-corrected chi connectivity index (χ2v) is 3.84. The second-order valence-electron chi connectivity index (χ2n) is 3.84. The highest BCUT2D eigenvalue weighted by Gasteiger charge is 2.12. The van der Waals surface area contributed by atoms with Crippen LogP contribution in [-0.2, 0) is 7.05 Å². The number of para-hydroxylation sites is 1. The molecule has 2 rings (SSSR count). The summed E-state index contributed by atoms with van der Waals surface area (Å²) in [6.45, 7) is 6.65. The number of fused-ring (bicyclic) bond motifs is 1. The van der Waals surface area contributed by atoms with Crippen molar-refractivity contribution in [3.8, 4) is 0 Å². The second kappa shape index (κ2) is 3.55. The molecule has 0 bridgehead atoms. The Hall–Kier alpha value is -1.54. The van der Waals surface area contributed by atoms with E-state index in [-0.39, 0.29) is 0 Å². The average Bonchev–Trinajstić information content (AvgIpc) is 2.52. The van der Waals surface area contributed by atoms with Crippen LogP contribution in [0.1, 0.15) is 11.3 Å². The van der Waals surface area contributed by atoms with Crippen molar-refractivity contribution in [2.24, 2.45) is 12.8 Å². The van der Waals surface area contributed by atoms with E-state index in [0.29, 0.717) is 6.54 Å². The molecule has 2 nitrogen and oxygen atoms in total. The van der Waals surface area contributed by atoms with Gasteiger partial charge in [0.2, 0.25) is 0 Å². The van der Waals surface area contributed by atoms with E-state index < -0.39 is 0 Å². The van der Waals surface area contributed by atoms with Gasteiger partial charge >= 0.3 is 0 Å². The van der Waals surface area contributed by atoms with Crippen molar-refractivity contribution in [1.82, 2.24) is 4.57 Å². The molecule has 0 saturated heterocycles. The first kappa shape index (κ1) is 9.99. The van der Waals surface area contributed by atoms with Crippen molar-refractivity contribution in [1.29, 1.82) is 0 Å². The van der Waals surface area contributed by atoms with Crippen molar-refractivity contribution in [2.75, 3.05) is 6.54 Å². The molecule has 1 aromatic carbocycles. The van der Waals surface area contributed by atoms with Gasteiger partial charge in [0.15, 0.2) is 0 Å². The van der Waals surface area contributed by atoms with Gasteiger partial charge in [0.05, 0.1) is 0 Å². The van der Waals surface area contributed by atoms with Gasteiger partial charge in [0.25, 0.3) is 0 Å². The van der Waals surface area contributed by atoms with Gasteiger partial charge in [0.1, 0.15) is 0 Å². The van der Waals surface area contributed by atoms with Gasteiger partial charge in [-0.05, 0) is 18.6 Å². The van der Waals surface area contributed by atoms with Gasteiger partial charge in [-0.1, -0.05) is 24.8 Å². The molecule has 0 atom stereocenters. The van der Waals surface area contributed by atoms with Crippen LogP contribution in [0.5, 0.6) is 0 Å². The number of nitrogens with zero attached hydrogens (tertiary/aromatic N) is 1. The van der Waals surface area contributed by atoms with Gasteiger partial charge in [-0.25, -0.2) is 0 Å². The molecule has 0 saturated carbocycles. The summed E-state index contributed by atoms with van der Waals surface area (Å²) in [7, 11) is 2.07. The lowest BCUT2D eigenvalue weighted by molar-refractivity contribution is 0.914. The first-order chi connectivity index (χ1) is 7.16. The molecule has 2 N–H and O–H groups in total. The van der Waals surface area contributed by atoms with Crippen LogP contribution in [0.15, 0.2) is 30.8 Å². The SMILES string of the molecule is C=C(CN)c1c(C)n(C)c2ccccc12. The van der Waals surface area contributed by atoms with Crippen LogP contribution >= 0.6 is 0 Å². The molecule has 0 amide bonds. The monoisotopic (exact) mass is 200 g/mol. The fraction of sp³-hybridized carbons (Fsp3) is 0.231. The third kappa shape index (κ3) is 1.38. The summed E-state index contributed by atoms with van der Waals surface area (Å²) in [5.41, 5.74) is 10.3. The lowest BCUT2D eigenvalue weighted by Gasteiger charge is -2.03. The lowest BCUT2D eigenvalue weighted by Crippen LogP contribution is -2.02. The van der Waals surface area contributed by atoms with E-state index in [1.165, 1.54) is 22.2 Å². The summed E-state index contributed by atoms with van der Waals surface area (Å²) >= 11 is 0. The van der Waals surface area contributed by atoms with Crippen molar-refractivity contribution in [3.05, 3.63) is 42.1 Å². The maximum absolute atomic E-state index is 5.66. The highest BCUT2D eigenvalue weighted by molar-refractivity contribution is 5.94. The highest BCUT2D eigenvalue weighted by atomic mass is 14.9. The summed E-state index contributed by atoms with van der Waals surface area (Å²) in [4.78, 5) is 0. The van der Waals surface area contributed by atoms with Crippen LogP contribution < -0.4 is 5.73 Å². The quantitative estimate of drug-likeness (QED) is 0.793. The summed E-state index contributed by atoms with van der Waals surface area (Å²) in [6.07, 6.45) is 0. The number of rotatable bonds is 2. The van der Waals surface area contributed by atoms with E-state index in [2.05, 4.69) is 49.4 Å². The Kier molecular flexibility index (Phi) is 2.37. The molecule has 15 heavy (non-hydrogen) atoms. The molecule has 0 fully saturated rings. The lowest BCUT2D eigenvalue weighted by atomic mass is 10.0. The third-order valence-electron chi connectivity index (χ3n) is 3.00. The Morgan fingerprint density at radius 3 is 2.73 bits per heavy atom. The van der Waals surface area contributed by atoms with E-state index in [0.717, 1.165) is 5.57 Å². The molecule has 78 valence electrons. The van der Waals surface area contributed by atoms with Crippen molar-refractivity contribution in [2.45, 2.75) is 6.92 Å². The van der Waals surface area contributed by atoms with Gasteiger partial charge in [-0.15, -0.1) is 0 Å². The zero-order chi connectivity index (χ0) is 11.0. The summed E-state index contributed by atoms with van der Waals surface area (Å²) < 4.78 is 2.19. The molecule has 2 aromatic rings. The topological polar surface area (TPSA) is 30.9 Å². The van der Waals surface area contributed by atoms with Crippen molar-refractivity contribution >= 4 is 16.5 Å². The fourth-order valence-corrected chi connectivity index (χ4v) is 2.07. The standard InChI is InChI=1S/C13H16N2/c1-9(8-14)13-10(2)15(3)12-7-5-4-6-11(12)13/h4-7H,1,8,14H2,2-3H3. The van der Waals surface area contributed by atoms with Crippen LogP contribution in [0.3, 0.4) is 0 Å². The molecule has 0 radical (unpaired) electrons. The Morgan fingerprint density at radius 1 is 1.40 bits per heavy atom. The van der Waals surface area contributed by atoms with Crippen molar-refractivity contribution < 1.29 is 0 Å². The maximum Gasteiger partial charge on any atom is 0.0486 e. The van der Waals surface area contributed by atoms with E-state index >= 15 is 0 Å². The Morgan fingerprint density at radius 2 is 2.07 bits per heavy atom. The zero-order valence-corrected chi connectivity index (χ0v) is 9.25. The number of aromatic nitrogens is 1. The predicted molar refractivity (Wildman–Crippen MR) is 65.7 cm³/mol. The summed E-state index contributed by atoms with van der Waals surface area (Å²) in [5, 5.41) is 1.24. The Balaban J connectivity index is 2.83. The van der Waals surface area contributed by atoms with Gasteiger partial charge in [-0.3, -0.25) is 0 Å². The Bertz CT molecular complexity index is 521. The summed E-state index contributed by atoms with van der Waals surface area (Å²) in [6, 6.07) is 8.35. The van der Waals surface area contributed by atoms with Crippen LogP contribution in [0.2, 0.25) is 0 Å².